The van der Waals surface area contributed by atoms with Crippen molar-refractivity contribution in [3.63, 3.8) is 0 Å². The molecule has 0 unspecified atom stereocenters. The number of methoxy groups -OCH3 is 2. The third-order valence-electron chi connectivity index (χ3n) is 15.7. The molecule has 4 fully saturated rings. The van der Waals surface area contributed by atoms with Gasteiger partial charge >= 0.3 is 0 Å². The predicted molar refractivity (Wildman–Crippen MR) is 268 cm³/mol. The number of Topliss-reactive ketones (excluding diaryl/α,β-unsaturated/α-hetero) is 1. The molecule has 0 saturated heterocycles. The number of ether oxygens (including phenoxy) is 2. The molecule has 0 heterocycles. The lowest BCUT2D eigenvalue weighted by Crippen LogP contribution is -2.34. The SMILES string of the molecule is CCCC1CCC(C2CCC(=O)CC2)CC1.CCCC1CCC(C2CCC(O)(c3ccc(-c4ccc(OC)cc4C)cc3)CC2)CC1.COc1ccc(-c2ccc(Br)cc2)c(C)c1. The molecular formula is C58H79BrO4. The van der Waals surface area contributed by atoms with Crippen molar-refractivity contribution in [2.24, 2.45) is 35.5 Å². The summed E-state index contributed by atoms with van der Waals surface area (Å²) in [4.78, 5) is 11.2. The molecule has 342 valence electrons. The van der Waals surface area contributed by atoms with Crippen molar-refractivity contribution >= 4 is 21.7 Å². The maximum absolute atomic E-state index is 11.4. The average Bonchev–Trinajstić information content (AvgIpc) is 3.31. The summed E-state index contributed by atoms with van der Waals surface area (Å²) < 4.78 is 11.6. The Labute approximate surface area is 390 Å². The zero-order chi connectivity index (χ0) is 44.8. The number of hydrogen-bond acceptors (Lipinski definition) is 4. The lowest BCUT2D eigenvalue weighted by atomic mass is 9.66. The fraction of sp³-hybridized carbons (Fsp3) is 0.569. The van der Waals surface area contributed by atoms with Crippen LogP contribution in [0.5, 0.6) is 11.5 Å². The largest absolute Gasteiger partial charge is 0.497 e. The monoisotopic (exact) mass is 919 g/mol. The smallest absolute Gasteiger partial charge is 0.132 e. The van der Waals surface area contributed by atoms with Gasteiger partial charge in [0.1, 0.15) is 17.3 Å². The molecule has 8 rings (SSSR count). The summed E-state index contributed by atoms with van der Waals surface area (Å²) in [5.74, 6) is 7.88. The maximum atomic E-state index is 11.4. The molecule has 4 aromatic rings. The third kappa shape index (κ3) is 13.8. The molecule has 0 amide bonds. The molecule has 0 radical (unpaired) electrons. The molecule has 5 heteroatoms. The van der Waals surface area contributed by atoms with Crippen molar-refractivity contribution in [2.75, 3.05) is 14.2 Å². The zero-order valence-corrected chi connectivity index (χ0v) is 41.3. The topological polar surface area (TPSA) is 55.8 Å². The molecule has 1 N–H and O–H groups in total. The predicted octanol–water partition coefficient (Wildman–Crippen LogP) is 16.4. The average molecular weight is 920 g/mol. The van der Waals surface area contributed by atoms with E-state index in [0.717, 1.165) is 82.7 Å². The minimum absolute atomic E-state index is 0.510. The molecule has 0 aromatic heterocycles. The van der Waals surface area contributed by atoms with Gasteiger partial charge in [-0.05, 0) is 189 Å². The van der Waals surface area contributed by atoms with Crippen molar-refractivity contribution < 1.29 is 19.4 Å². The van der Waals surface area contributed by atoms with E-state index in [9.17, 15) is 9.90 Å². The van der Waals surface area contributed by atoms with Crippen LogP contribution in [0.3, 0.4) is 0 Å². The van der Waals surface area contributed by atoms with Gasteiger partial charge in [0.05, 0.1) is 19.8 Å². The standard InChI is InChI=1S/C29H40O2.C15H26O.C14H13BrO/c1-4-5-22-6-8-23(9-7-22)24-16-18-29(30,19-17-24)26-12-10-25(11-13-26)28-15-14-27(31-3)20-21(28)2;1-2-3-12-4-6-13(7-5-12)14-8-10-15(16)11-9-14;1-10-9-13(16-2)7-8-14(10)11-3-5-12(15)6-4-11/h10-15,20,22-24,30H,4-9,16-19H2,1-3H3;12-14H,2-11H2,1H3;3-9H,1-2H3. The lowest BCUT2D eigenvalue weighted by molar-refractivity contribution is -0.121. The first-order chi connectivity index (χ1) is 30.5. The summed E-state index contributed by atoms with van der Waals surface area (Å²) in [6, 6.07) is 29.3. The van der Waals surface area contributed by atoms with Crippen LogP contribution >= 0.6 is 15.9 Å². The van der Waals surface area contributed by atoms with Crippen molar-refractivity contribution in [3.05, 3.63) is 106 Å². The Morgan fingerprint density at radius 1 is 0.556 bits per heavy atom. The van der Waals surface area contributed by atoms with Crippen LogP contribution in [-0.2, 0) is 10.4 Å². The number of aliphatic hydroxyl groups is 1. The summed E-state index contributed by atoms with van der Waals surface area (Å²) in [6.45, 7) is 8.84. The highest BCUT2D eigenvalue weighted by molar-refractivity contribution is 9.10. The molecule has 4 aliphatic carbocycles. The Morgan fingerprint density at radius 2 is 0.952 bits per heavy atom. The second-order valence-electron chi connectivity index (χ2n) is 19.8. The molecule has 63 heavy (non-hydrogen) atoms. The molecule has 0 aliphatic heterocycles. The molecule has 0 atom stereocenters. The Morgan fingerprint density at radius 3 is 1.35 bits per heavy atom. The highest BCUT2D eigenvalue weighted by Gasteiger charge is 2.38. The maximum Gasteiger partial charge on any atom is 0.132 e. The van der Waals surface area contributed by atoms with Crippen molar-refractivity contribution in [1.82, 2.24) is 0 Å². The Hall–Kier alpha value is -3.41. The van der Waals surface area contributed by atoms with E-state index in [1.54, 1.807) is 14.2 Å². The second-order valence-corrected chi connectivity index (χ2v) is 20.7. The summed E-state index contributed by atoms with van der Waals surface area (Å²) in [6.07, 6.45) is 25.4. The van der Waals surface area contributed by atoms with Crippen LogP contribution in [0.2, 0.25) is 0 Å². The van der Waals surface area contributed by atoms with Crippen molar-refractivity contribution in [1.29, 1.82) is 0 Å². The van der Waals surface area contributed by atoms with E-state index in [2.05, 4.69) is 116 Å². The zero-order valence-electron chi connectivity index (χ0n) is 39.7. The quantitative estimate of drug-likeness (QED) is 0.163. The highest BCUT2D eigenvalue weighted by atomic mass is 79.9. The van der Waals surface area contributed by atoms with Crippen LogP contribution in [0.25, 0.3) is 22.3 Å². The van der Waals surface area contributed by atoms with E-state index in [1.807, 2.05) is 12.1 Å². The van der Waals surface area contributed by atoms with E-state index >= 15 is 0 Å². The first kappa shape index (κ1) is 49.0. The second kappa shape index (κ2) is 24.2. The Balaban J connectivity index is 0.000000173. The number of rotatable bonds is 11. The summed E-state index contributed by atoms with van der Waals surface area (Å²) in [7, 11) is 3.39. The number of halogens is 1. The number of carbonyl (C=O) groups is 1. The number of carbonyl (C=O) groups excluding carboxylic acids is 1. The van der Waals surface area contributed by atoms with Crippen LogP contribution in [0.1, 0.15) is 159 Å². The van der Waals surface area contributed by atoms with E-state index in [4.69, 9.17) is 9.47 Å². The number of benzene rings is 4. The van der Waals surface area contributed by atoms with E-state index in [1.165, 1.54) is 136 Å². The van der Waals surface area contributed by atoms with Crippen molar-refractivity contribution in [2.45, 2.75) is 162 Å². The first-order valence-electron chi connectivity index (χ1n) is 24.9. The molecule has 4 aromatic carbocycles. The van der Waals surface area contributed by atoms with Crippen LogP contribution in [0.4, 0.5) is 0 Å². The van der Waals surface area contributed by atoms with Crippen LogP contribution < -0.4 is 9.47 Å². The normalized spacial score (nSPS) is 25.2. The minimum atomic E-state index is -0.649. The molecule has 4 nitrogen and oxygen atoms in total. The van der Waals surface area contributed by atoms with Crippen LogP contribution in [0, 0.1) is 49.4 Å². The summed E-state index contributed by atoms with van der Waals surface area (Å²) in [5, 5.41) is 11.4. The van der Waals surface area contributed by atoms with Crippen LogP contribution in [-0.4, -0.2) is 25.1 Å². The van der Waals surface area contributed by atoms with Gasteiger partial charge in [-0.15, -0.1) is 0 Å². The van der Waals surface area contributed by atoms with Crippen molar-refractivity contribution in [3.8, 4) is 33.8 Å². The molecule has 0 bridgehead atoms. The van der Waals surface area contributed by atoms with Gasteiger partial charge in [0, 0.05) is 17.3 Å². The molecule has 4 aliphatic rings. The van der Waals surface area contributed by atoms with Crippen LogP contribution in [0.15, 0.2) is 89.4 Å². The van der Waals surface area contributed by atoms with E-state index < -0.39 is 5.60 Å². The fourth-order valence-corrected chi connectivity index (χ4v) is 12.1. The Kier molecular flexibility index (Phi) is 18.8. The van der Waals surface area contributed by atoms with Gasteiger partial charge in [-0.3, -0.25) is 4.79 Å². The first-order valence-corrected chi connectivity index (χ1v) is 25.7. The Bertz CT molecular complexity index is 1970. The molecule has 4 saturated carbocycles. The fourth-order valence-electron chi connectivity index (χ4n) is 11.8. The van der Waals surface area contributed by atoms with Gasteiger partial charge in [-0.1, -0.05) is 130 Å². The highest BCUT2D eigenvalue weighted by Crippen LogP contribution is 2.47. The number of aryl methyl sites for hydroxylation is 2. The lowest BCUT2D eigenvalue weighted by Gasteiger charge is -2.41. The van der Waals surface area contributed by atoms with E-state index in [-0.39, 0.29) is 0 Å². The van der Waals surface area contributed by atoms with E-state index in [0.29, 0.717) is 5.78 Å². The number of ketones is 1. The summed E-state index contributed by atoms with van der Waals surface area (Å²) in [5.41, 5.74) is 7.77. The molecular weight excluding hydrogens is 841 g/mol. The van der Waals surface area contributed by atoms with Gasteiger partial charge < -0.3 is 14.6 Å². The number of hydrogen-bond donors (Lipinski definition) is 1. The van der Waals surface area contributed by atoms with Gasteiger partial charge in [0.15, 0.2) is 0 Å². The van der Waals surface area contributed by atoms with Gasteiger partial charge in [-0.25, -0.2) is 0 Å². The minimum Gasteiger partial charge on any atom is -0.497 e. The molecule has 0 spiro atoms. The van der Waals surface area contributed by atoms with Gasteiger partial charge in [0.25, 0.3) is 0 Å². The summed E-state index contributed by atoms with van der Waals surface area (Å²) >= 11 is 3.44. The third-order valence-corrected chi connectivity index (χ3v) is 16.2. The van der Waals surface area contributed by atoms with Gasteiger partial charge in [0.2, 0.25) is 0 Å². The van der Waals surface area contributed by atoms with Gasteiger partial charge in [-0.2, -0.15) is 0 Å².